The van der Waals surface area contributed by atoms with Crippen LogP contribution in [-0.4, -0.2) is 26.3 Å². The second-order valence-corrected chi connectivity index (χ2v) is 6.43. The molecule has 0 spiro atoms. The minimum atomic E-state index is -1.16. The number of carboxylic acid groups (broad SMARTS) is 1. The first kappa shape index (κ1) is 19.8. The maximum Gasteiger partial charge on any atom is 0.339 e. The first-order valence-electron chi connectivity index (χ1n) is 8.21. The van der Waals surface area contributed by atoms with Gasteiger partial charge in [0.2, 0.25) is 5.89 Å². The number of phenols is 2. The van der Waals surface area contributed by atoms with E-state index in [4.69, 9.17) is 37.7 Å². The molecule has 148 valence electrons. The van der Waals surface area contributed by atoms with Crippen molar-refractivity contribution in [3.8, 4) is 23.0 Å². The standard InChI is InChI=1S/C13H9ClN2O2.C7H7NO3/c14-7-1-4-12-10(5-7)16-13(18-12)9-3-2-8(15)6-11(9)17;8-4-1-2-5(7(10)11)6(9)3-4/h1-6,17H,15H2;1-3,9H,8H2,(H,10,11). The number of aromatic nitrogens is 1. The van der Waals surface area contributed by atoms with Crippen LogP contribution in [0.1, 0.15) is 10.4 Å². The Balaban J connectivity index is 0.000000188. The summed E-state index contributed by atoms with van der Waals surface area (Å²) in [5.74, 6) is -1.10. The lowest BCUT2D eigenvalue weighted by Gasteiger charge is -2.00. The molecule has 0 atom stereocenters. The van der Waals surface area contributed by atoms with E-state index in [-0.39, 0.29) is 17.1 Å². The van der Waals surface area contributed by atoms with Crippen molar-refractivity contribution in [3.63, 3.8) is 0 Å². The summed E-state index contributed by atoms with van der Waals surface area (Å²) >= 11 is 5.88. The molecule has 0 aliphatic heterocycles. The Morgan fingerprint density at radius 1 is 0.931 bits per heavy atom. The number of nitrogens with zero attached hydrogens (tertiary/aromatic N) is 1. The quantitative estimate of drug-likeness (QED) is 0.307. The van der Waals surface area contributed by atoms with Gasteiger partial charge in [-0.1, -0.05) is 11.6 Å². The second kappa shape index (κ2) is 7.99. The summed E-state index contributed by atoms with van der Waals surface area (Å²) in [5.41, 5.74) is 13.3. The Labute approximate surface area is 169 Å². The Morgan fingerprint density at radius 3 is 2.21 bits per heavy atom. The van der Waals surface area contributed by atoms with Gasteiger partial charge in [-0.15, -0.1) is 0 Å². The predicted octanol–water partition coefficient (Wildman–Crippen LogP) is 4.11. The van der Waals surface area contributed by atoms with E-state index >= 15 is 0 Å². The SMILES string of the molecule is Nc1ccc(-c2nc3cc(Cl)ccc3o2)c(O)c1.Nc1ccc(C(=O)O)c(O)c1. The van der Waals surface area contributed by atoms with Gasteiger partial charge in [-0.25, -0.2) is 9.78 Å². The zero-order valence-corrected chi connectivity index (χ0v) is 15.6. The number of benzene rings is 3. The summed E-state index contributed by atoms with van der Waals surface area (Å²) < 4.78 is 5.56. The number of aromatic carboxylic acids is 1. The smallest absolute Gasteiger partial charge is 0.339 e. The van der Waals surface area contributed by atoms with Crippen LogP contribution in [0.2, 0.25) is 5.02 Å². The molecule has 3 aromatic carbocycles. The molecule has 0 bridgehead atoms. The van der Waals surface area contributed by atoms with Crippen molar-refractivity contribution >= 4 is 40.0 Å². The summed E-state index contributed by atoms with van der Waals surface area (Å²) in [5, 5.41) is 27.9. The molecule has 7 N–H and O–H groups in total. The molecular formula is C20H16ClN3O5. The highest BCUT2D eigenvalue weighted by atomic mass is 35.5. The zero-order valence-electron chi connectivity index (χ0n) is 14.8. The van der Waals surface area contributed by atoms with Crippen LogP contribution in [0.15, 0.2) is 59.0 Å². The van der Waals surface area contributed by atoms with E-state index in [0.29, 0.717) is 39.0 Å². The van der Waals surface area contributed by atoms with E-state index in [1.165, 1.54) is 24.3 Å². The number of halogens is 1. The fraction of sp³-hybridized carbons (Fsp3) is 0. The Hall–Kier alpha value is -3.91. The molecule has 0 aliphatic rings. The number of aromatic hydroxyl groups is 2. The summed E-state index contributed by atoms with van der Waals surface area (Å²) in [6, 6.07) is 13.8. The lowest BCUT2D eigenvalue weighted by molar-refractivity contribution is 0.0694. The number of nitrogens with two attached hydrogens (primary N) is 2. The van der Waals surface area contributed by atoms with Gasteiger partial charge >= 0.3 is 5.97 Å². The molecule has 1 aromatic heterocycles. The maximum atomic E-state index is 10.3. The monoisotopic (exact) mass is 413 g/mol. The highest BCUT2D eigenvalue weighted by Gasteiger charge is 2.12. The van der Waals surface area contributed by atoms with Crippen LogP contribution in [0.3, 0.4) is 0 Å². The first-order chi connectivity index (χ1) is 13.7. The molecule has 29 heavy (non-hydrogen) atoms. The van der Waals surface area contributed by atoms with Crippen molar-refractivity contribution in [2.24, 2.45) is 0 Å². The van der Waals surface area contributed by atoms with Crippen molar-refractivity contribution in [2.45, 2.75) is 0 Å². The van der Waals surface area contributed by atoms with Crippen molar-refractivity contribution < 1.29 is 24.5 Å². The fourth-order valence-electron chi connectivity index (χ4n) is 2.47. The molecule has 4 rings (SSSR count). The van der Waals surface area contributed by atoms with Crippen molar-refractivity contribution in [1.29, 1.82) is 0 Å². The third-order valence-corrected chi connectivity index (χ3v) is 4.09. The highest BCUT2D eigenvalue weighted by Crippen LogP contribution is 2.32. The number of fused-ring (bicyclic) bond motifs is 1. The Kier molecular flexibility index (Phi) is 5.47. The molecule has 0 saturated heterocycles. The largest absolute Gasteiger partial charge is 0.507 e. The van der Waals surface area contributed by atoms with Gasteiger partial charge in [-0.3, -0.25) is 0 Å². The van der Waals surface area contributed by atoms with E-state index in [1.807, 2.05) is 0 Å². The summed E-state index contributed by atoms with van der Waals surface area (Å²) in [4.78, 5) is 14.6. The molecule has 0 unspecified atom stereocenters. The number of carbonyl (C=O) groups is 1. The van der Waals surface area contributed by atoms with E-state index in [0.717, 1.165) is 0 Å². The number of nitrogen functional groups attached to an aromatic ring is 2. The average molecular weight is 414 g/mol. The third kappa shape index (κ3) is 4.50. The minimum Gasteiger partial charge on any atom is -0.507 e. The fourth-order valence-corrected chi connectivity index (χ4v) is 2.64. The molecular weight excluding hydrogens is 398 g/mol. The van der Waals surface area contributed by atoms with Crippen molar-refractivity contribution in [1.82, 2.24) is 4.98 Å². The number of carboxylic acids is 1. The molecule has 9 heteroatoms. The van der Waals surface area contributed by atoms with Gasteiger partial charge in [0.15, 0.2) is 5.58 Å². The van der Waals surface area contributed by atoms with Crippen LogP contribution in [-0.2, 0) is 0 Å². The van der Waals surface area contributed by atoms with Crippen molar-refractivity contribution in [2.75, 3.05) is 11.5 Å². The number of phenolic OH excluding ortho intramolecular Hbond substituents is 1. The van der Waals surface area contributed by atoms with Gasteiger partial charge in [0.25, 0.3) is 0 Å². The van der Waals surface area contributed by atoms with Gasteiger partial charge in [0.1, 0.15) is 22.6 Å². The average Bonchev–Trinajstić information content (AvgIpc) is 3.04. The Bertz CT molecular complexity index is 1210. The Morgan fingerprint density at radius 2 is 1.59 bits per heavy atom. The van der Waals surface area contributed by atoms with Gasteiger partial charge in [-0.05, 0) is 42.5 Å². The third-order valence-electron chi connectivity index (χ3n) is 3.85. The number of hydrogen-bond acceptors (Lipinski definition) is 7. The number of anilines is 2. The van der Waals surface area contributed by atoms with Gasteiger partial charge < -0.3 is 31.2 Å². The molecule has 0 radical (unpaired) electrons. The van der Waals surface area contributed by atoms with E-state index in [1.54, 1.807) is 30.3 Å². The van der Waals surface area contributed by atoms with Crippen LogP contribution in [0.25, 0.3) is 22.6 Å². The molecule has 0 saturated carbocycles. The second-order valence-electron chi connectivity index (χ2n) is 5.99. The maximum absolute atomic E-state index is 10.3. The summed E-state index contributed by atoms with van der Waals surface area (Å²) in [6.45, 7) is 0. The molecule has 0 fully saturated rings. The lowest BCUT2D eigenvalue weighted by atomic mass is 10.2. The first-order valence-corrected chi connectivity index (χ1v) is 8.59. The number of hydrogen-bond donors (Lipinski definition) is 5. The van der Waals surface area contributed by atoms with E-state index in [2.05, 4.69) is 4.98 Å². The lowest BCUT2D eigenvalue weighted by Crippen LogP contribution is -1.97. The van der Waals surface area contributed by atoms with Crippen LogP contribution < -0.4 is 11.5 Å². The number of oxazole rings is 1. The van der Waals surface area contributed by atoms with E-state index in [9.17, 15) is 9.90 Å². The predicted molar refractivity (Wildman–Crippen MR) is 110 cm³/mol. The van der Waals surface area contributed by atoms with Gasteiger partial charge in [0.05, 0.1) is 5.56 Å². The normalized spacial score (nSPS) is 10.4. The molecule has 0 amide bonds. The van der Waals surface area contributed by atoms with E-state index < -0.39 is 5.97 Å². The van der Waals surface area contributed by atoms with Crippen LogP contribution >= 0.6 is 11.6 Å². The van der Waals surface area contributed by atoms with Gasteiger partial charge in [-0.2, -0.15) is 0 Å². The van der Waals surface area contributed by atoms with Crippen LogP contribution in [0.5, 0.6) is 11.5 Å². The topological polar surface area (TPSA) is 156 Å². The van der Waals surface area contributed by atoms with Gasteiger partial charge in [0, 0.05) is 28.5 Å². The zero-order chi connectivity index (χ0) is 21.1. The van der Waals surface area contributed by atoms with Crippen LogP contribution in [0, 0.1) is 0 Å². The molecule has 4 aromatic rings. The highest BCUT2D eigenvalue weighted by molar-refractivity contribution is 6.31. The van der Waals surface area contributed by atoms with Crippen LogP contribution in [0.4, 0.5) is 11.4 Å². The minimum absolute atomic E-state index is 0.0349. The molecule has 1 heterocycles. The molecule has 0 aliphatic carbocycles. The summed E-state index contributed by atoms with van der Waals surface area (Å²) in [6.07, 6.45) is 0. The summed E-state index contributed by atoms with van der Waals surface area (Å²) in [7, 11) is 0. The number of rotatable bonds is 2. The van der Waals surface area contributed by atoms with Crippen molar-refractivity contribution in [3.05, 3.63) is 65.2 Å². The molecule has 8 nitrogen and oxygen atoms in total.